The van der Waals surface area contributed by atoms with Gasteiger partial charge in [0.15, 0.2) is 5.78 Å². The number of hydrogen-bond donors (Lipinski definition) is 0. The molecule has 0 aromatic heterocycles. The molecule has 1 aromatic rings. The number of nitriles is 1. The minimum atomic E-state index is -0.0597. The molecule has 0 unspecified atom stereocenters. The van der Waals surface area contributed by atoms with Gasteiger partial charge in [0.2, 0.25) is 6.19 Å². The van der Waals surface area contributed by atoms with Crippen molar-refractivity contribution in [3.63, 3.8) is 0 Å². The Morgan fingerprint density at radius 1 is 1.41 bits per heavy atom. The number of rotatable bonds is 3. The van der Waals surface area contributed by atoms with Crippen LogP contribution in [-0.2, 0) is 0 Å². The van der Waals surface area contributed by atoms with Crippen molar-refractivity contribution in [1.82, 2.24) is 0 Å². The highest BCUT2D eigenvalue weighted by atomic mass is 32.2. The number of benzene rings is 1. The van der Waals surface area contributed by atoms with Gasteiger partial charge in [-0.3, -0.25) is 4.79 Å². The monoisotopic (exact) mass is 262 g/mol. The minimum absolute atomic E-state index is 0.0597. The largest absolute Gasteiger partial charge is 0.289 e. The highest BCUT2D eigenvalue weighted by Gasteiger charge is 2.00. The lowest BCUT2D eigenvalue weighted by Gasteiger charge is -1.95. The van der Waals surface area contributed by atoms with Crippen LogP contribution in [0.3, 0.4) is 0 Å². The topological polar surface area (TPSA) is 53.2 Å². The first kappa shape index (κ1) is 13.6. The van der Waals surface area contributed by atoms with Crippen LogP contribution in [0.5, 0.6) is 0 Å². The fraction of sp³-hybridized carbons (Fsp3) is 0.0833. The Morgan fingerprint density at radius 2 is 2.12 bits per heavy atom. The Kier molecular flexibility index (Phi) is 6.15. The number of carbonyl (C=O) groups is 1. The Bertz CT molecular complexity index is 475. The van der Waals surface area contributed by atoms with E-state index in [1.165, 1.54) is 29.6 Å². The molecule has 0 spiro atoms. The van der Waals surface area contributed by atoms with Crippen molar-refractivity contribution in [2.24, 2.45) is 4.99 Å². The predicted octanol–water partition coefficient (Wildman–Crippen LogP) is 3.32. The normalized spacial score (nSPS) is 11.4. The SMILES string of the molecule is CSC(=NC#N)SC=CC(=O)c1ccccc1. The van der Waals surface area contributed by atoms with Gasteiger partial charge >= 0.3 is 0 Å². The van der Waals surface area contributed by atoms with E-state index >= 15 is 0 Å². The Labute approximate surface area is 109 Å². The van der Waals surface area contributed by atoms with Crippen LogP contribution < -0.4 is 0 Å². The minimum Gasteiger partial charge on any atom is -0.289 e. The molecule has 3 nitrogen and oxygen atoms in total. The molecule has 0 aliphatic heterocycles. The second-order valence-electron chi connectivity index (χ2n) is 2.83. The molecule has 17 heavy (non-hydrogen) atoms. The molecule has 0 fully saturated rings. The highest BCUT2D eigenvalue weighted by molar-refractivity contribution is 8.39. The van der Waals surface area contributed by atoms with E-state index in [0.29, 0.717) is 9.94 Å². The fourth-order valence-corrected chi connectivity index (χ4v) is 2.10. The van der Waals surface area contributed by atoms with Gasteiger partial charge in [-0.25, -0.2) is 0 Å². The zero-order chi connectivity index (χ0) is 12.5. The number of carbonyl (C=O) groups excluding carboxylic acids is 1. The van der Waals surface area contributed by atoms with Gasteiger partial charge in [-0.15, -0.1) is 11.8 Å². The summed E-state index contributed by atoms with van der Waals surface area (Å²) in [6.45, 7) is 0. The van der Waals surface area contributed by atoms with E-state index in [1.54, 1.807) is 23.7 Å². The van der Waals surface area contributed by atoms with Crippen molar-refractivity contribution in [3.05, 3.63) is 47.4 Å². The number of nitrogens with zero attached hydrogens (tertiary/aromatic N) is 2. The summed E-state index contributed by atoms with van der Waals surface area (Å²) in [7, 11) is 0. The molecule has 5 heteroatoms. The maximum absolute atomic E-state index is 11.7. The van der Waals surface area contributed by atoms with Gasteiger partial charge in [-0.1, -0.05) is 42.1 Å². The van der Waals surface area contributed by atoms with E-state index < -0.39 is 0 Å². The van der Waals surface area contributed by atoms with Crippen LogP contribution in [0.4, 0.5) is 0 Å². The average molecular weight is 262 g/mol. The first-order chi connectivity index (χ1) is 8.27. The van der Waals surface area contributed by atoms with Crippen molar-refractivity contribution in [2.45, 2.75) is 0 Å². The van der Waals surface area contributed by atoms with E-state index in [2.05, 4.69) is 4.99 Å². The van der Waals surface area contributed by atoms with Crippen LogP contribution >= 0.6 is 23.5 Å². The van der Waals surface area contributed by atoms with Crippen LogP contribution in [0.1, 0.15) is 10.4 Å². The van der Waals surface area contributed by atoms with Gasteiger partial charge in [0.25, 0.3) is 0 Å². The molecule has 0 N–H and O–H groups in total. The lowest BCUT2D eigenvalue weighted by Crippen LogP contribution is -1.92. The third-order valence-corrected chi connectivity index (χ3v) is 3.56. The average Bonchev–Trinajstić information content (AvgIpc) is 2.38. The number of hydrogen-bond acceptors (Lipinski definition) is 5. The molecule has 0 aliphatic rings. The smallest absolute Gasteiger partial charge is 0.207 e. The molecule has 0 saturated heterocycles. The lowest BCUT2D eigenvalue weighted by molar-refractivity contribution is 0.104. The maximum Gasteiger partial charge on any atom is 0.207 e. The van der Waals surface area contributed by atoms with Crippen molar-refractivity contribution < 1.29 is 4.79 Å². The summed E-state index contributed by atoms with van der Waals surface area (Å²) < 4.78 is 0.615. The summed E-state index contributed by atoms with van der Waals surface area (Å²) in [4.78, 5) is 15.3. The zero-order valence-corrected chi connectivity index (χ0v) is 10.8. The molecule has 0 amide bonds. The van der Waals surface area contributed by atoms with Crippen molar-refractivity contribution in [2.75, 3.05) is 6.26 Å². The molecule has 0 heterocycles. The molecule has 0 saturated carbocycles. The first-order valence-corrected chi connectivity index (χ1v) is 6.81. The molecular formula is C12H10N2OS2. The number of aliphatic imine (C=N–C) groups is 1. The number of allylic oxidation sites excluding steroid dienone is 1. The summed E-state index contributed by atoms with van der Waals surface area (Å²) >= 11 is 2.63. The molecule has 0 aliphatic carbocycles. The van der Waals surface area contributed by atoms with Crippen LogP contribution in [-0.4, -0.2) is 16.4 Å². The molecule has 86 valence electrons. The summed E-state index contributed by atoms with van der Waals surface area (Å²) in [5.41, 5.74) is 0.646. The molecule has 0 radical (unpaired) electrons. The van der Waals surface area contributed by atoms with E-state index in [0.717, 1.165) is 0 Å². The van der Waals surface area contributed by atoms with E-state index in [9.17, 15) is 4.79 Å². The number of ketones is 1. The second kappa shape index (κ2) is 7.71. The summed E-state index contributed by atoms with van der Waals surface area (Å²) in [6.07, 6.45) is 5.02. The summed E-state index contributed by atoms with van der Waals surface area (Å²) in [5.74, 6) is -0.0597. The van der Waals surface area contributed by atoms with E-state index in [1.807, 2.05) is 24.5 Å². The lowest BCUT2D eigenvalue weighted by atomic mass is 10.1. The Morgan fingerprint density at radius 3 is 2.71 bits per heavy atom. The van der Waals surface area contributed by atoms with Crippen LogP contribution in [0, 0.1) is 11.5 Å². The van der Waals surface area contributed by atoms with E-state index in [4.69, 9.17) is 5.26 Å². The van der Waals surface area contributed by atoms with Crippen LogP contribution in [0.2, 0.25) is 0 Å². The van der Waals surface area contributed by atoms with Crippen LogP contribution in [0.15, 0.2) is 46.8 Å². The van der Waals surface area contributed by atoms with Gasteiger partial charge < -0.3 is 0 Å². The van der Waals surface area contributed by atoms with Gasteiger partial charge in [-0.2, -0.15) is 10.3 Å². The second-order valence-corrected chi connectivity index (χ2v) is 4.78. The van der Waals surface area contributed by atoms with Gasteiger partial charge in [0.05, 0.1) is 0 Å². The molecule has 0 bridgehead atoms. The van der Waals surface area contributed by atoms with Gasteiger partial charge in [0.1, 0.15) is 4.38 Å². The fourth-order valence-electron chi connectivity index (χ4n) is 1.01. The quantitative estimate of drug-likeness (QED) is 0.276. The highest BCUT2D eigenvalue weighted by Crippen LogP contribution is 2.16. The summed E-state index contributed by atoms with van der Waals surface area (Å²) in [5, 5.41) is 10.0. The van der Waals surface area contributed by atoms with Crippen molar-refractivity contribution in [1.29, 1.82) is 5.26 Å². The Balaban J connectivity index is 2.59. The molecule has 0 atom stereocenters. The van der Waals surface area contributed by atoms with E-state index in [-0.39, 0.29) is 5.78 Å². The summed E-state index contributed by atoms with van der Waals surface area (Å²) in [6, 6.07) is 9.02. The standard InChI is InChI=1S/C12H10N2OS2/c1-16-12(14-9-13)17-8-7-11(15)10-5-3-2-4-6-10/h2-8H,1H3. The zero-order valence-electron chi connectivity index (χ0n) is 9.16. The van der Waals surface area contributed by atoms with Gasteiger partial charge in [-0.05, 0) is 17.7 Å². The predicted molar refractivity (Wildman–Crippen MR) is 74.1 cm³/mol. The maximum atomic E-state index is 11.7. The first-order valence-electron chi connectivity index (χ1n) is 4.71. The van der Waals surface area contributed by atoms with Gasteiger partial charge in [0, 0.05) is 5.56 Å². The third-order valence-electron chi connectivity index (χ3n) is 1.76. The van der Waals surface area contributed by atoms with Crippen molar-refractivity contribution in [3.8, 4) is 6.19 Å². The van der Waals surface area contributed by atoms with Crippen molar-refractivity contribution >= 4 is 33.7 Å². The molecular weight excluding hydrogens is 252 g/mol. The number of thioether (sulfide) groups is 2. The van der Waals surface area contributed by atoms with Crippen LogP contribution in [0.25, 0.3) is 0 Å². The Hall–Kier alpha value is -1.51. The third kappa shape index (κ3) is 4.89. The molecule has 1 rings (SSSR count). The molecule has 1 aromatic carbocycles.